The van der Waals surface area contributed by atoms with Crippen molar-refractivity contribution in [3.8, 4) is 0 Å². The van der Waals surface area contributed by atoms with Crippen LogP contribution in [0.15, 0.2) is 16.6 Å². The monoisotopic (exact) mass is 366 g/mol. The lowest BCUT2D eigenvalue weighted by Crippen LogP contribution is -2.41. The number of carbonyl (C=O) groups is 2. The second-order valence-corrected chi connectivity index (χ2v) is 6.63. The van der Waals surface area contributed by atoms with Gasteiger partial charge in [0.2, 0.25) is 11.8 Å². The van der Waals surface area contributed by atoms with Crippen LogP contribution in [0.5, 0.6) is 0 Å². The fourth-order valence-electron chi connectivity index (χ4n) is 3.12. The van der Waals surface area contributed by atoms with Gasteiger partial charge in [-0.1, -0.05) is 15.9 Å². The summed E-state index contributed by atoms with van der Waals surface area (Å²) in [6.45, 7) is 3.43. The number of nitrogens with zero attached hydrogens (tertiary/aromatic N) is 1. The van der Waals surface area contributed by atoms with E-state index in [0.29, 0.717) is 31.7 Å². The molecule has 1 N–H and O–H groups in total. The smallest absolute Gasteiger partial charge is 0.237 e. The number of halogens is 1. The zero-order valence-electron chi connectivity index (χ0n) is 12.5. The molecule has 5 nitrogen and oxygen atoms in total. The number of benzene rings is 1. The maximum Gasteiger partial charge on any atom is 0.237 e. The third-order valence-corrected chi connectivity index (χ3v) is 4.66. The number of amides is 2. The van der Waals surface area contributed by atoms with Crippen molar-refractivity contribution in [3.05, 3.63) is 22.2 Å². The van der Waals surface area contributed by atoms with Crippen LogP contribution in [0.25, 0.3) is 0 Å². The van der Waals surface area contributed by atoms with Gasteiger partial charge in [-0.2, -0.15) is 0 Å². The quantitative estimate of drug-likeness (QED) is 0.873. The van der Waals surface area contributed by atoms with Crippen molar-refractivity contribution in [1.29, 1.82) is 0 Å². The summed E-state index contributed by atoms with van der Waals surface area (Å²) in [5.74, 6) is -0.510. The molecule has 0 spiro atoms. The molecule has 0 aliphatic carbocycles. The summed E-state index contributed by atoms with van der Waals surface area (Å²) in [6.07, 6.45) is 2.25. The lowest BCUT2D eigenvalue weighted by Gasteiger charge is -2.28. The molecule has 0 bridgehead atoms. The van der Waals surface area contributed by atoms with E-state index in [4.69, 9.17) is 4.74 Å². The third-order valence-electron chi connectivity index (χ3n) is 4.21. The van der Waals surface area contributed by atoms with Crippen molar-refractivity contribution in [2.75, 3.05) is 30.0 Å². The molecule has 0 radical (unpaired) electrons. The van der Waals surface area contributed by atoms with Crippen molar-refractivity contribution in [3.63, 3.8) is 0 Å². The summed E-state index contributed by atoms with van der Waals surface area (Å²) in [7, 11) is 0. The standard InChI is InChI=1S/C16H19BrN2O3/c1-10(20)19(16(21)11-3-6-22-7-4-11)14-9-13(17)8-12-2-5-18-15(12)14/h8-9,11,18H,2-7H2,1H3. The summed E-state index contributed by atoms with van der Waals surface area (Å²) in [5.41, 5.74) is 2.69. The Hall–Kier alpha value is -1.40. The Labute approximate surface area is 138 Å². The van der Waals surface area contributed by atoms with E-state index >= 15 is 0 Å². The number of nitrogens with one attached hydrogen (secondary N) is 1. The average Bonchev–Trinajstić information content (AvgIpc) is 2.96. The van der Waals surface area contributed by atoms with Crippen LogP contribution >= 0.6 is 15.9 Å². The van der Waals surface area contributed by atoms with Crippen molar-refractivity contribution >= 4 is 39.1 Å². The van der Waals surface area contributed by atoms with Gasteiger partial charge in [-0.25, -0.2) is 4.90 Å². The molecular formula is C16H19BrN2O3. The lowest BCUT2D eigenvalue weighted by atomic mass is 9.98. The first-order valence-corrected chi connectivity index (χ1v) is 8.36. The Morgan fingerprint density at radius 2 is 2.05 bits per heavy atom. The number of hydrogen-bond donors (Lipinski definition) is 1. The van der Waals surface area contributed by atoms with Crippen molar-refractivity contribution in [2.24, 2.45) is 5.92 Å². The molecule has 0 aromatic heterocycles. The minimum Gasteiger partial charge on any atom is -0.383 e. The van der Waals surface area contributed by atoms with E-state index in [-0.39, 0.29) is 17.7 Å². The lowest BCUT2D eigenvalue weighted by molar-refractivity contribution is -0.130. The molecule has 0 atom stereocenters. The van der Waals surface area contributed by atoms with E-state index < -0.39 is 0 Å². The molecule has 1 aromatic rings. The van der Waals surface area contributed by atoms with E-state index in [1.807, 2.05) is 12.1 Å². The highest BCUT2D eigenvalue weighted by atomic mass is 79.9. The van der Waals surface area contributed by atoms with Crippen molar-refractivity contribution in [1.82, 2.24) is 0 Å². The first-order chi connectivity index (χ1) is 10.6. The largest absolute Gasteiger partial charge is 0.383 e. The summed E-state index contributed by atoms with van der Waals surface area (Å²) in [6, 6.07) is 3.88. The van der Waals surface area contributed by atoms with Crippen LogP contribution < -0.4 is 10.2 Å². The number of rotatable bonds is 2. The van der Waals surface area contributed by atoms with Crippen LogP contribution in [0, 0.1) is 5.92 Å². The molecular weight excluding hydrogens is 348 g/mol. The van der Waals surface area contributed by atoms with E-state index in [1.165, 1.54) is 11.8 Å². The molecule has 1 fully saturated rings. The van der Waals surface area contributed by atoms with Crippen molar-refractivity contribution in [2.45, 2.75) is 26.2 Å². The van der Waals surface area contributed by atoms with Crippen molar-refractivity contribution < 1.29 is 14.3 Å². The Morgan fingerprint density at radius 1 is 1.32 bits per heavy atom. The van der Waals surface area contributed by atoms with Gasteiger partial charge in [-0.15, -0.1) is 0 Å². The second-order valence-electron chi connectivity index (χ2n) is 5.72. The van der Waals surface area contributed by atoms with Crippen LogP contribution in [0.2, 0.25) is 0 Å². The van der Waals surface area contributed by atoms with Gasteiger partial charge in [-0.05, 0) is 37.0 Å². The van der Waals surface area contributed by atoms with Crippen LogP contribution in [0.4, 0.5) is 11.4 Å². The maximum atomic E-state index is 12.9. The molecule has 0 unspecified atom stereocenters. The molecule has 2 heterocycles. The zero-order chi connectivity index (χ0) is 15.7. The SMILES string of the molecule is CC(=O)N(C(=O)C1CCOCC1)c1cc(Br)cc2c1NCC2. The Kier molecular flexibility index (Phi) is 4.49. The number of fused-ring (bicyclic) bond motifs is 1. The molecule has 2 aliphatic heterocycles. The van der Waals surface area contributed by atoms with E-state index in [0.717, 1.165) is 28.7 Å². The van der Waals surface area contributed by atoms with Gasteiger partial charge < -0.3 is 10.1 Å². The maximum absolute atomic E-state index is 12.9. The first kappa shape index (κ1) is 15.5. The highest BCUT2D eigenvalue weighted by Crippen LogP contribution is 2.38. The summed E-state index contributed by atoms with van der Waals surface area (Å²) in [5, 5.41) is 3.30. The first-order valence-electron chi connectivity index (χ1n) is 7.56. The Balaban J connectivity index is 1.98. The average molecular weight is 367 g/mol. The van der Waals surface area contributed by atoms with Gasteiger partial charge in [0.05, 0.1) is 11.4 Å². The van der Waals surface area contributed by atoms with Gasteiger partial charge in [0.15, 0.2) is 0 Å². The van der Waals surface area contributed by atoms with E-state index in [2.05, 4.69) is 21.2 Å². The summed E-state index contributed by atoms with van der Waals surface area (Å²) >= 11 is 3.48. The van der Waals surface area contributed by atoms with Gasteiger partial charge in [0.1, 0.15) is 0 Å². The normalized spacial score (nSPS) is 17.7. The minimum atomic E-state index is -0.245. The van der Waals surface area contributed by atoms with Crippen LogP contribution in [-0.2, 0) is 20.7 Å². The number of carbonyl (C=O) groups excluding carboxylic acids is 2. The van der Waals surface area contributed by atoms with Gasteiger partial charge >= 0.3 is 0 Å². The molecule has 3 rings (SSSR count). The van der Waals surface area contributed by atoms with Crippen LogP contribution in [0.1, 0.15) is 25.3 Å². The van der Waals surface area contributed by atoms with E-state index in [1.54, 1.807) is 0 Å². The Morgan fingerprint density at radius 3 is 2.73 bits per heavy atom. The number of anilines is 2. The highest BCUT2D eigenvalue weighted by molar-refractivity contribution is 9.10. The molecule has 22 heavy (non-hydrogen) atoms. The topological polar surface area (TPSA) is 58.6 Å². The third kappa shape index (κ3) is 2.90. The number of imide groups is 1. The van der Waals surface area contributed by atoms with Gasteiger partial charge in [0, 0.05) is 37.1 Å². The minimum absolute atomic E-state index is 0.121. The fourth-order valence-corrected chi connectivity index (χ4v) is 3.61. The summed E-state index contributed by atoms with van der Waals surface area (Å²) < 4.78 is 6.20. The van der Waals surface area contributed by atoms with Crippen LogP contribution in [-0.4, -0.2) is 31.6 Å². The van der Waals surface area contributed by atoms with E-state index in [9.17, 15) is 9.59 Å². The second kappa shape index (κ2) is 6.38. The fraction of sp³-hybridized carbons (Fsp3) is 0.500. The number of hydrogen-bond acceptors (Lipinski definition) is 4. The summed E-state index contributed by atoms with van der Waals surface area (Å²) in [4.78, 5) is 26.4. The molecule has 1 aromatic carbocycles. The molecule has 1 saturated heterocycles. The molecule has 118 valence electrons. The number of ether oxygens (including phenoxy) is 1. The predicted molar refractivity (Wildman–Crippen MR) is 88.0 cm³/mol. The predicted octanol–water partition coefficient (Wildman–Crippen LogP) is 2.72. The Bertz CT molecular complexity index is 612. The van der Waals surface area contributed by atoms with Gasteiger partial charge in [0.25, 0.3) is 0 Å². The van der Waals surface area contributed by atoms with Crippen LogP contribution in [0.3, 0.4) is 0 Å². The molecule has 2 aliphatic rings. The highest BCUT2D eigenvalue weighted by Gasteiger charge is 2.32. The molecule has 2 amide bonds. The zero-order valence-corrected chi connectivity index (χ0v) is 14.1. The molecule has 6 heteroatoms. The molecule has 0 saturated carbocycles. The van der Waals surface area contributed by atoms with Gasteiger partial charge in [-0.3, -0.25) is 9.59 Å².